The van der Waals surface area contributed by atoms with E-state index < -0.39 is 11.9 Å². The Balaban J connectivity index is 3.14. The van der Waals surface area contributed by atoms with Crippen LogP contribution in [0.15, 0.2) is 19.3 Å². The van der Waals surface area contributed by atoms with Gasteiger partial charge in [-0.1, -0.05) is 45.2 Å². The first kappa shape index (κ1) is 9.17. The quantitative estimate of drug-likeness (QED) is 0.280. The lowest BCUT2D eigenvalue weighted by atomic mass is 10.2. The minimum absolute atomic E-state index is 0.338. The van der Waals surface area contributed by atoms with Gasteiger partial charge in [-0.3, -0.25) is 0 Å². The van der Waals surface area contributed by atoms with Crippen LogP contribution in [0.4, 0.5) is 0 Å². The highest BCUT2D eigenvalue weighted by molar-refractivity contribution is 14.1. The lowest BCUT2D eigenvalue weighted by Gasteiger charge is -1.84. The maximum atomic E-state index is 10.8. The smallest absolute Gasteiger partial charge is 0.347 e. The molecule has 1 rings (SSSR count). The summed E-state index contributed by atoms with van der Waals surface area (Å²) in [5.41, 5.74) is 0.676. The number of ether oxygens (including phenoxy) is 1. The van der Waals surface area contributed by atoms with Gasteiger partial charge in [0.2, 0.25) is 0 Å². The molecule has 5 heteroatoms. The van der Waals surface area contributed by atoms with Gasteiger partial charge in [0, 0.05) is 0 Å². The molecule has 0 atom stereocenters. The van der Waals surface area contributed by atoms with E-state index >= 15 is 0 Å². The number of hydrogen-bond donors (Lipinski definition) is 0. The average molecular weight is 376 g/mol. The molecule has 1 aliphatic rings. The number of esters is 2. The molecule has 1 heterocycles. The first-order chi connectivity index (χ1) is 5.20. The molecule has 0 aromatic carbocycles. The Labute approximate surface area is 90.1 Å². The van der Waals surface area contributed by atoms with Gasteiger partial charge in [-0.05, 0) is 8.17 Å². The van der Waals surface area contributed by atoms with Crippen LogP contribution >= 0.6 is 45.2 Å². The number of cyclic esters (lactones) is 2. The van der Waals surface area contributed by atoms with Crippen molar-refractivity contribution in [1.29, 1.82) is 0 Å². The summed E-state index contributed by atoms with van der Waals surface area (Å²) in [5, 5.41) is 0. The molecule has 0 aromatic rings. The average Bonchev–Trinajstić information content (AvgIpc) is 2.24. The van der Waals surface area contributed by atoms with Gasteiger partial charge in [-0.15, -0.1) is 0 Å². The van der Waals surface area contributed by atoms with Crippen molar-refractivity contribution in [3.8, 4) is 0 Å². The fraction of sp³-hybridized carbons (Fsp3) is 0. The second kappa shape index (κ2) is 3.65. The fourth-order valence-electron chi connectivity index (χ4n) is 0.621. The molecular weight excluding hydrogens is 374 g/mol. The van der Waals surface area contributed by atoms with Crippen molar-refractivity contribution in [2.75, 3.05) is 0 Å². The molecule has 0 unspecified atom stereocenters. The normalized spacial score (nSPS) is 24.9. The summed E-state index contributed by atoms with van der Waals surface area (Å²) in [6.45, 7) is 0. The van der Waals surface area contributed by atoms with Gasteiger partial charge < -0.3 is 4.74 Å². The van der Waals surface area contributed by atoms with Gasteiger partial charge in [0.1, 0.15) is 0 Å². The van der Waals surface area contributed by atoms with E-state index in [9.17, 15) is 9.59 Å². The minimum atomic E-state index is -0.563. The van der Waals surface area contributed by atoms with Crippen LogP contribution in [0.1, 0.15) is 0 Å². The van der Waals surface area contributed by atoms with E-state index in [2.05, 4.69) is 4.74 Å². The van der Waals surface area contributed by atoms with Crippen molar-refractivity contribution >= 4 is 57.1 Å². The SMILES string of the molecule is O=C1OC(=O)C(=C/I)/C1=C\I. The van der Waals surface area contributed by atoms with Crippen LogP contribution in [0.25, 0.3) is 0 Å². The van der Waals surface area contributed by atoms with Gasteiger partial charge in [0.15, 0.2) is 0 Å². The minimum Gasteiger partial charge on any atom is -0.386 e. The summed E-state index contributed by atoms with van der Waals surface area (Å²) >= 11 is 3.79. The summed E-state index contributed by atoms with van der Waals surface area (Å²) in [6, 6.07) is 0. The number of halogens is 2. The molecule has 1 aliphatic heterocycles. The lowest BCUT2D eigenvalue weighted by molar-refractivity contribution is -0.149. The zero-order chi connectivity index (χ0) is 8.43. The number of carbonyl (C=O) groups excluding carboxylic acids is 2. The highest BCUT2D eigenvalue weighted by Gasteiger charge is 2.32. The molecule has 1 saturated heterocycles. The third-order valence-electron chi connectivity index (χ3n) is 1.13. The Kier molecular flexibility index (Phi) is 3.05. The summed E-state index contributed by atoms with van der Waals surface area (Å²) in [5.74, 6) is -1.13. The van der Waals surface area contributed by atoms with E-state index in [1.54, 1.807) is 0 Å². The van der Waals surface area contributed by atoms with Crippen LogP contribution in [-0.2, 0) is 14.3 Å². The molecule has 0 N–H and O–H groups in total. The third kappa shape index (κ3) is 1.63. The largest absolute Gasteiger partial charge is 0.386 e. The molecule has 11 heavy (non-hydrogen) atoms. The summed E-state index contributed by atoms with van der Waals surface area (Å²) < 4.78 is 7.42. The van der Waals surface area contributed by atoms with E-state index in [1.165, 1.54) is 8.17 Å². The molecule has 0 spiro atoms. The molecule has 58 valence electrons. The van der Waals surface area contributed by atoms with E-state index in [0.29, 0.717) is 11.1 Å². The number of hydrogen-bond acceptors (Lipinski definition) is 3. The van der Waals surface area contributed by atoms with Crippen molar-refractivity contribution in [2.24, 2.45) is 0 Å². The van der Waals surface area contributed by atoms with Crippen molar-refractivity contribution in [3.63, 3.8) is 0 Å². The van der Waals surface area contributed by atoms with E-state index in [1.807, 2.05) is 45.2 Å². The summed E-state index contributed by atoms with van der Waals surface area (Å²) in [6.07, 6.45) is 0. The predicted molar refractivity (Wildman–Crippen MR) is 55.3 cm³/mol. The molecule has 0 radical (unpaired) electrons. The molecule has 0 aromatic heterocycles. The maximum absolute atomic E-state index is 10.8. The number of carbonyl (C=O) groups is 2. The van der Waals surface area contributed by atoms with Crippen LogP contribution in [0.5, 0.6) is 0 Å². The fourth-order valence-corrected chi connectivity index (χ4v) is 1.80. The van der Waals surface area contributed by atoms with Crippen molar-refractivity contribution in [1.82, 2.24) is 0 Å². The Morgan fingerprint density at radius 3 is 1.64 bits per heavy atom. The van der Waals surface area contributed by atoms with Crippen LogP contribution in [0.3, 0.4) is 0 Å². The van der Waals surface area contributed by atoms with Crippen molar-refractivity contribution < 1.29 is 14.3 Å². The highest BCUT2D eigenvalue weighted by Crippen LogP contribution is 2.24. The van der Waals surface area contributed by atoms with Crippen molar-refractivity contribution in [2.45, 2.75) is 0 Å². The van der Waals surface area contributed by atoms with E-state index in [4.69, 9.17) is 0 Å². The van der Waals surface area contributed by atoms with Gasteiger partial charge in [0.25, 0.3) is 0 Å². The van der Waals surface area contributed by atoms with Gasteiger partial charge >= 0.3 is 11.9 Å². The van der Waals surface area contributed by atoms with E-state index in [0.717, 1.165) is 0 Å². The topological polar surface area (TPSA) is 43.4 Å². The van der Waals surface area contributed by atoms with Crippen LogP contribution in [0.2, 0.25) is 0 Å². The summed E-state index contributed by atoms with van der Waals surface area (Å²) in [7, 11) is 0. The Bertz CT molecular complexity index is 250. The molecular formula is C6H2I2O3. The zero-order valence-corrected chi connectivity index (χ0v) is 9.45. The molecule has 0 amide bonds. The molecule has 3 nitrogen and oxygen atoms in total. The zero-order valence-electron chi connectivity index (χ0n) is 5.14. The standard InChI is InChI=1S/C6H2I2O3/c7-1-3-4(2-8)6(10)11-5(3)9/h1-2H/b3-1+,4-2+. The molecule has 0 saturated carbocycles. The van der Waals surface area contributed by atoms with Gasteiger partial charge in [-0.2, -0.15) is 0 Å². The molecule has 0 aliphatic carbocycles. The van der Waals surface area contributed by atoms with Crippen LogP contribution < -0.4 is 0 Å². The number of rotatable bonds is 0. The predicted octanol–water partition coefficient (Wildman–Crippen LogP) is 1.71. The second-order valence-corrected chi connectivity index (χ2v) is 2.97. The Morgan fingerprint density at radius 1 is 1.00 bits per heavy atom. The maximum Gasteiger partial charge on any atom is 0.347 e. The monoisotopic (exact) mass is 376 g/mol. The molecule has 0 bridgehead atoms. The second-order valence-electron chi connectivity index (χ2n) is 1.72. The first-order valence-electron chi connectivity index (χ1n) is 2.58. The third-order valence-corrected chi connectivity index (χ3v) is 2.38. The molecule has 1 fully saturated rings. The lowest BCUT2D eigenvalue weighted by Crippen LogP contribution is -1.96. The highest BCUT2D eigenvalue weighted by atomic mass is 127. The first-order valence-corrected chi connectivity index (χ1v) is 5.07. The Morgan fingerprint density at radius 2 is 1.36 bits per heavy atom. The van der Waals surface area contributed by atoms with Crippen LogP contribution in [0, 0.1) is 0 Å². The van der Waals surface area contributed by atoms with Crippen LogP contribution in [-0.4, -0.2) is 11.9 Å². The van der Waals surface area contributed by atoms with Gasteiger partial charge in [-0.25, -0.2) is 9.59 Å². The Hall–Kier alpha value is 0.0800. The van der Waals surface area contributed by atoms with Crippen molar-refractivity contribution in [3.05, 3.63) is 19.3 Å². The summed E-state index contributed by atoms with van der Waals surface area (Å²) in [4.78, 5) is 21.6. The van der Waals surface area contributed by atoms with E-state index in [-0.39, 0.29) is 0 Å². The van der Waals surface area contributed by atoms with Gasteiger partial charge in [0.05, 0.1) is 11.1 Å².